The predicted molar refractivity (Wildman–Crippen MR) is 73.4 cm³/mol. The van der Waals surface area contributed by atoms with Crippen LogP contribution in [0.25, 0.3) is 0 Å². The van der Waals surface area contributed by atoms with Gasteiger partial charge in [0.25, 0.3) is 0 Å². The molecule has 104 valence electrons. The van der Waals surface area contributed by atoms with Crippen molar-refractivity contribution >= 4 is 0 Å². The molecule has 1 aliphatic carbocycles. The second-order valence-electron chi connectivity index (χ2n) is 4.96. The zero-order valence-electron chi connectivity index (χ0n) is 11.5. The van der Waals surface area contributed by atoms with Gasteiger partial charge in [0.15, 0.2) is 0 Å². The smallest absolute Gasteiger partial charge is 0.859 e. The first-order valence-corrected chi connectivity index (χ1v) is 5.95. The van der Waals surface area contributed by atoms with E-state index in [1.807, 2.05) is 63.3 Å². The van der Waals surface area contributed by atoms with E-state index in [0.717, 1.165) is 0 Å². The predicted octanol–water partition coefficient (Wildman–Crippen LogP) is 1.98. The molecule has 3 nitrogen and oxygen atoms in total. The quantitative estimate of drug-likeness (QED) is 0.380. The standard InChI is InChI=1S/C10H16N2O.C5H5.Fe/c1-10(2,3)12-11-9(13)8-6-4-5-7-8;1-2-4-5-3-1;/h4-7,11-13H,1-3H3;1-5H;/q;-1;+2/p-1. The van der Waals surface area contributed by atoms with Gasteiger partial charge in [0.2, 0.25) is 0 Å². The fourth-order valence-electron chi connectivity index (χ4n) is 1.16. The minimum absolute atomic E-state index is 0. The molecular weight excluding hydrogens is 280 g/mol. The first-order valence-electron chi connectivity index (χ1n) is 5.95. The maximum Gasteiger partial charge on any atom is 2.00 e. The largest absolute Gasteiger partial charge is 2.00 e. The molecule has 0 heterocycles. The van der Waals surface area contributed by atoms with E-state index in [2.05, 4.69) is 10.9 Å². The summed E-state index contributed by atoms with van der Waals surface area (Å²) in [6.45, 7) is 5.95. The zero-order valence-corrected chi connectivity index (χ0v) is 12.6. The van der Waals surface area contributed by atoms with Crippen molar-refractivity contribution in [2.24, 2.45) is 0 Å². The summed E-state index contributed by atoms with van der Waals surface area (Å²) in [5, 5.41) is 11.4. The SMILES string of the molecule is CC(C)(C)NNC([O-])=C1C=CC=C1.[Fe+2].c1cc[cH-]c1. The van der Waals surface area contributed by atoms with Crippen LogP contribution in [0.4, 0.5) is 0 Å². The van der Waals surface area contributed by atoms with Crippen LogP contribution in [0, 0.1) is 0 Å². The van der Waals surface area contributed by atoms with Crippen LogP contribution in [0.1, 0.15) is 20.8 Å². The molecule has 0 fully saturated rings. The molecule has 19 heavy (non-hydrogen) atoms. The Kier molecular flexibility index (Phi) is 8.08. The summed E-state index contributed by atoms with van der Waals surface area (Å²) in [7, 11) is 0. The summed E-state index contributed by atoms with van der Waals surface area (Å²) < 4.78 is 0. The molecule has 0 amide bonds. The molecule has 1 aromatic carbocycles. The van der Waals surface area contributed by atoms with Gasteiger partial charge in [-0.3, -0.25) is 0 Å². The Hall–Kier alpha value is -1.35. The van der Waals surface area contributed by atoms with E-state index < -0.39 is 0 Å². The minimum atomic E-state index is -0.109. The Morgan fingerprint density at radius 2 is 1.63 bits per heavy atom. The monoisotopic (exact) mass is 300 g/mol. The molecular formula is C15H20FeN2O. The van der Waals surface area contributed by atoms with E-state index in [4.69, 9.17) is 0 Å². The molecule has 0 atom stereocenters. The first-order chi connectivity index (χ1) is 8.49. The summed E-state index contributed by atoms with van der Waals surface area (Å²) >= 11 is 0. The van der Waals surface area contributed by atoms with E-state index in [0.29, 0.717) is 5.57 Å². The number of allylic oxidation sites excluding steroid dienone is 5. The van der Waals surface area contributed by atoms with Gasteiger partial charge in [0, 0.05) is 5.54 Å². The zero-order chi connectivity index (χ0) is 13.4. The summed E-state index contributed by atoms with van der Waals surface area (Å²) in [4.78, 5) is 0. The fraction of sp³-hybridized carbons (Fsp3) is 0.267. The van der Waals surface area contributed by atoms with Crippen LogP contribution in [0.3, 0.4) is 0 Å². The van der Waals surface area contributed by atoms with Gasteiger partial charge in [-0.25, -0.2) is 17.6 Å². The van der Waals surface area contributed by atoms with Gasteiger partial charge in [-0.15, -0.1) is 0 Å². The van der Waals surface area contributed by atoms with Gasteiger partial charge in [-0.05, 0) is 32.2 Å². The van der Waals surface area contributed by atoms with Crippen LogP contribution in [0.5, 0.6) is 0 Å². The number of nitrogens with one attached hydrogen (secondary N) is 2. The fourth-order valence-corrected chi connectivity index (χ4v) is 1.16. The summed E-state index contributed by atoms with van der Waals surface area (Å²) in [6.07, 6.45) is 7.23. The van der Waals surface area contributed by atoms with Crippen molar-refractivity contribution in [1.29, 1.82) is 0 Å². The molecule has 0 aliphatic heterocycles. The Labute approximate surface area is 125 Å². The summed E-state index contributed by atoms with van der Waals surface area (Å²) in [6, 6.07) is 10.0. The third-order valence-electron chi connectivity index (χ3n) is 2.03. The Bertz CT molecular complexity index is 394. The van der Waals surface area contributed by atoms with Crippen molar-refractivity contribution in [1.82, 2.24) is 10.9 Å². The molecule has 0 saturated carbocycles. The minimum Gasteiger partial charge on any atom is -0.859 e. The molecule has 2 rings (SSSR count). The normalized spacial score (nSPS) is 12.5. The maximum atomic E-state index is 11.4. The molecule has 1 aliphatic rings. The molecule has 1 aromatic rings. The van der Waals surface area contributed by atoms with E-state index in [1.54, 1.807) is 12.2 Å². The van der Waals surface area contributed by atoms with Crippen molar-refractivity contribution in [2.45, 2.75) is 26.3 Å². The van der Waals surface area contributed by atoms with Gasteiger partial charge in [0.1, 0.15) is 0 Å². The second-order valence-corrected chi connectivity index (χ2v) is 4.96. The second kappa shape index (κ2) is 8.70. The molecule has 0 aromatic heterocycles. The van der Waals surface area contributed by atoms with Crippen molar-refractivity contribution in [3.8, 4) is 0 Å². The van der Waals surface area contributed by atoms with E-state index in [-0.39, 0.29) is 28.5 Å². The van der Waals surface area contributed by atoms with Crippen LogP contribution < -0.4 is 16.0 Å². The Balaban J connectivity index is 0.000000454. The van der Waals surface area contributed by atoms with Crippen molar-refractivity contribution in [3.05, 3.63) is 66.1 Å². The Morgan fingerprint density at radius 1 is 1.11 bits per heavy atom. The molecule has 2 N–H and O–H groups in total. The first kappa shape index (κ1) is 17.6. The molecule has 0 spiro atoms. The van der Waals surface area contributed by atoms with Crippen molar-refractivity contribution < 1.29 is 22.2 Å². The van der Waals surface area contributed by atoms with Crippen molar-refractivity contribution in [2.75, 3.05) is 0 Å². The van der Waals surface area contributed by atoms with Crippen LogP contribution in [-0.4, -0.2) is 5.54 Å². The number of rotatable bonds is 2. The number of hydrazine groups is 1. The third-order valence-corrected chi connectivity index (χ3v) is 2.03. The van der Waals surface area contributed by atoms with Crippen LogP contribution in [-0.2, 0) is 17.1 Å². The molecule has 0 unspecified atom stereocenters. The Morgan fingerprint density at radius 3 is 2.00 bits per heavy atom. The molecule has 0 radical (unpaired) electrons. The van der Waals surface area contributed by atoms with Gasteiger partial charge < -0.3 is 10.5 Å². The maximum absolute atomic E-state index is 11.4. The number of hydrogen-bond acceptors (Lipinski definition) is 3. The van der Waals surface area contributed by atoms with Gasteiger partial charge >= 0.3 is 17.1 Å². The van der Waals surface area contributed by atoms with Gasteiger partial charge in [0.05, 0.1) is 0 Å². The average Bonchev–Trinajstić information content (AvgIpc) is 2.99. The van der Waals surface area contributed by atoms with Crippen LogP contribution >= 0.6 is 0 Å². The van der Waals surface area contributed by atoms with E-state index >= 15 is 0 Å². The summed E-state index contributed by atoms with van der Waals surface area (Å²) in [5.74, 6) is -0.0973. The van der Waals surface area contributed by atoms with Crippen LogP contribution in [0.2, 0.25) is 0 Å². The molecule has 4 heteroatoms. The average molecular weight is 300 g/mol. The van der Waals surface area contributed by atoms with Crippen LogP contribution in [0.15, 0.2) is 66.1 Å². The molecule has 0 saturated heterocycles. The molecule has 0 bridgehead atoms. The van der Waals surface area contributed by atoms with E-state index in [9.17, 15) is 5.11 Å². The number of hydrogen-bond donors (Lipinski definition) is 2. The topological polar surface area (TPSA) is 47.1 Å². The van der Waals surface area contributed by atoms with Gasteiger partial charge in [-0.2, -0.15) is 18.2 Å². The third kappa shape index (κ3) is 8.38. The van der Waals surface area contributed by atoms with Crippen molar-refractivity contribution in [3.63, 3.8) is 0 Å². The summed E-state index contributed by atoms with van der Waals surface area (Å²) in [5.41, 5.74) is 6.12. The van der Waals surface area contributed by atoms with E-state index in [1.165, 1.54) is 0 Å². The van der Waals surface area contributed by atoms with Gasteiger partial charge in [-0.1, -0.05) is 24.3 Å².